The molecular weight excluding hydrogens is 302 g/mol. The van der Waals surface area contributed by atoms with Gasteiger partial charge in [-0.2, -0.15) is 0 Å². The zero-order valence-electron chi connectivity index (χ0n) is 11.8. The Morgan fingerprint density at radius 2 is 2.00 bits per heavy atom. The van der Waals surface area contributed by atoms with E-state index < -0.39 is 0 Å². The molecule has 3 rings (SSSR count). The molecule has 0 amide bonds. The first-order valence-electron chi connectivity index (χ1n) is 6.79. The van der Waals surface area contributed by atoms with Crippen molar-refractivity contribution in [3.05, 3.63) is 29.4 Å². The van der Waals surface area contributed by atoms with Crippen LogP contribution in [0.3, 0.4) is 0 Å². The molecule has 0 aromatic carbocycles. The number of fused-ring (bicyclic) bond motifs is 1. The molecule has 0 spiro atoms. The Morgan fingerprint density at radius 1 is 1.19 bits per heavy atom. The highest BCUT2D eigenvalue weighted by Crippen LogP contribution is 2.34. The Hall–Kier alpha value is -1.73. The smallest absolute Gasteiger partial charge is 0.225 e. The fourth-order valence-electron chi connectivity index (χ4n) is 1.86. The Kier molecular flexibility index (Phi) is 4.31. The van der Waals surface area contributed by atoms with E-state index in [9.17, 15) is 0 Å². The normalized spacial score (nSPS) is 11.0. The highest BCUT2D eigenvalue weighted by Gasteiger charge is 2.13. The van der Waals surface area contributed by atoms with Gasteiger partial charge in [0.15, 0.2) is 5.16 Å². The van der Waals surface area contributed by atoms with Gasteiger partial charge in [0, 0.05) is 29.2 Å². The van der Waals surface area contributed by atoms with E-state index in [1.54, 1.807) is 23.7 Å². The van der Waals surface area contributed by atoms with E-state index in [0.717, 1.165) is 28.2 Å². The molecule has 0 aliphatic rings. The van der Waals surface area contributed by atoms with Crippen LogP contribution >= 0.6 is 23.1 Å². The van der Waals surface area contributed by atoms with Crippen LogP contribution in [0.15, 0.2) is 34.7 Å². The number of nitrogens with one attached hydrogen (secondary N) is 1. The third-order valence-electron chi connectivity index (χ3n) is 2.82. The summed E-state index contributed by atoms with van der Waals surface area (Å²) in [5.74, 6) is 0.660. The Bertz CT molecular complexity index is 742. The van der Waals surface area contributed by atoms with Gasteiger partial charge in [-0.25, -0.2) is 19.9 Å². The van der Waals surface area contributed by atoms with Crippen LogP contribution in [-0.4, -0.2) is 26.5 Å². The van der Waals surface area contributed by atoms with Crippen molar-refractivity contribution in [3.63, 3.8) is 0 Å². The summed E-state index contributed by atoms with van der Waals surface area (Å²) >= 11 is 3.19. The summed E-state index contributed by atoms with van der Waals surface area (Å²) < 4.78 is 0. The number of aryl methyl sites for hydroxylation is 1. The molecule has 0 aliphatic heterocycles. The van der Waals surface area contributed by atoms with Gasteiger partial charge in [-0.05, 0) is 37.2 Å². The first kappa shape index (κ1) is 14.2. The predicted octanol–water partition coefficient (Wildman–Crippen LogP) is 3.63. The molecule has 0 atom stereocenters. The molecule has 3 aromatic heterocycles. The molecule has 21 heavy (non-hydrogen) atoms. The number of hydrogen-bond donors (Lipinski definition) is 1. The quantitative estimate of drug-likeness (QED) is 0.573. The van der Waals surface area contributed by atoms with Gasteiger partial charge in [-0.3, -0.25) is 0 Å². The van der Waals surface area contributed by atoms with Crippen molar-refractivity contribution in [2.45, 2.75) is 30.5 Å². The standard InChI is InChI=1S/C14H15N5S2/c1-3-9-8-10-11(20-9)18-13(15-4-2)19-12(10)21-14-16-6-5-7-17-14/h5-8H,3-4H2,1-2H3,(H,15,18,19). The van der Waals surface area contributed by atoms with Crippen molar-refractivity contribution in [2.24, 2.45) is 0 Å². The summed E-state index contributed by atoms with van der Waals surface area (Å²) in [7, 11) is 0. The summed E-state index contributed by atoms with van der Waals surface area (Å²) in [6, 6.07) is 3.98. The number of hydrogen-bond acceptors (Lipinski definition) is 7. The van der Waals surface area contributed by atoms with Crippen molar-refractivity contribution >= 4 is 39.3 Å². The van der Waals surface area contributed by atoms with Gasteiger partial charge in [-0.1, -0.05) is 6.92 Å². The molecule has 0 fully saturated rings. The molecule has 0 saturated heterocycles. The zero-order chi connectivity index (χ0) is 14.7. The van der Waals surface area contributed by atoms with Gasteiger partial charge in [0.2, 0.25) is 5.95 Å². The minimum Gasteiger partial charge on any atom is -0.354 e. The fraction of sp³-hybridized carbons (Fsp3) is 0.286. The van der Waals surface area contributed by atoms with Gasteiger partial charge in [-0.15, -0.1) is 11.3 Å². The van der Waals surface area contributed by atoms with Gasteiger partial charge < -0.3 is 5.32 Å². The highest BCUT2D eigenvalue weighted by atomic mass is 32.2. The van der Waals surface area contributed by atoms with E-state index in [4.69, 9.17) is 0 Å². The maximum Gasteiger partial charge on any atom is 0.225 e. The van der Waals surface area contributed by atoms with Crippen LogP contribution in [0.25, 0.3) is 10.2 Å². The molecule has 108 valence electrons. The summed E-state index contributed by atoms with van der Waals surface area (Å²) in [5.41, 5.74) is 0. The van der Waals surface area contributed by atoms with Crippen molar-refractivity contribution < 1.29 is 0 Å². The molecule has 0 bridgehead atoms. The second-order valence-electron chi connectivity index (χ2n) is 4.30. The molecule has 0 unspecified atom stereocenters. The van der Waals surface area contributed by atoms with E-state index in [2.05, 4.69) is 38.2 Å². The van der Waals surface area contributed by atoms with E-state index in [1.165, 1.54) is 16.6 Å². The maximum atomic E-state index is 4.60. The second kappa shape index (κ2) is 6.36. The maximum absolute atomic E-state index is 4.60. The molecule has 7 heteroatoms. The van der Waals surface area contributed by atoms with Crippen molar-refractivity contribution in [1.82, 2.24) is 19.9 Å². The minimum atomic E-state index is 0.660. The second-order valence-corrected chi connectivity index (χ2v) is 6.37. The lowest BCUT2D eigenvalue weighted by Gasteiger charge is -2.05. The lowest BCUT2D eigenvalue weighted by Crippen LogP contribution is -2.02. The van der Waals surface area contributed by atoms with Crippen LogP contribution in [0.5, 0.6) is 0 Å². The highest BCUT2D eigenvalue weighted by molar-refractivity contribution is 7.99. The minimum absolute atomic E-state index is 0.660. The van der Waals surface area contributed by atoms with Crippen LogP contribution in [0.4, 0.5) is 5.95 Å². The summed E-state index contributed by atoms with van der Waals surface area (Å²) in [4.78, 5) is 20.0. The Balaban J connectivity index is 2.07. The molecule has 3 aromatic rings. The first-order valence-corrected chi connectivity index (χ1v) is 8.42. The molecule has 1 N–H and O–H groups in total. The molecule has 0 aliphatic carbocycles. The van der Waals surface area contributed by atoms with Crippen molar-refractivity contribution in [1.29, 1.82) is 0 Å². The van der Waals surface area contributed by atoms with Crippen LogP contribution in [0.1, 0.15) is 18.7 Å². The molecule has 0 radical (unpaired) electrons. The third kappa shape index (κ3) is 3.14. The van der Waals surface area contributed by atoms with Crippen LogP contribution < -0.4 is 5.32 Å². The molecule has 3 heterocycles. The number of anilines is 1. The summed E-state index contributed by atoms with van der Waals surface area (Å²) in [6.45, 7) is 4.98. The summed E-state index contributed by atoms with van der Waals surface area (Å²) in [6.07, 6.45) is 4.48. The fourth-order valence-corrected chi connectivity index (χ4v) is 3.69. The monoisotopic (exact) mass is 317 g/mol. The molecular formula is C14H15N5S2. The molecule has 0 saturated carbocycles. The Morgan fingerprint density at radius 3 is 2.71 bits per heavy atom. The van der Waals surface area contributed by atoms with Crippen LogP contribution in [0.2, 0.25) is 0 Å². The first-order chi connectivity index (χ1) is 10.3. The number of rotatable bonds is 5. The number of aromatic nitrogens is 4. The van der Waals surface area contributed by atoms with Crippen LogP contribution in [-0.2, 0) is 6.42 Å². The molecule has 5 nitrogen and oxygen atoms in total. The number of thiophene rings is 1. The van der Waals surface area contributed by atoms with E-state index in [-0.39, 0.29) is 0 Å². The predicted molar refractivity (Wildman–Crippen MR) is 87.1 cm³/mol. The van der Waals surface area contributed by atoms with Crippen LogP contribution in [0, 0.1) is 0 Å². The third-order valence-corrected chi connectivity index (χ3v) is 4.89. The van der Waals surface area contributed by atoms with Gasteiger partial charge in [0.1, 0.15) is 9.86 Å². The van der Waals surface area contributed by atoms with E-state index in [1.807, 2.05) is 13.0 Å². The van der Waals surface area contributed by atoms with Gasteiger partial charge in [0.05, 0.1) is 0 Å². The lowest BCUT2D eigenvalue weighted by molar-refractivity contribution is 0.960. The summed E-state index contributed by atoms with van der Waals surface area (Å²) in [5, 5.41) is 5.86. The van der Waals surface area contributed by atoms with Crippen molar-refractivity contribution in [3.8, 4) is 0 Å². The SMILES string of the molecule is CCNc1nc(Sc2ncccn2)c2cc(CC)sc2n1. The Labute approximate surface area is 131 Å². The van der Waals surface area contributed by atoms with Gasteiger partial charge >= 0.3 is 0 Å². The van der Waals surface area contributed by atoms with Gasteiger partial charge in [0.25, 0.3) is 0 Å². The van der Waals surface area contributed by atoms with E-state index in [0.29, 0.717) is 11.1 Å². The van der Waals surface area contributed by atoms with Crippen molar-refractivity contribution in [2.75, 3.05) is 11.9 Å². The number of nitrogens with zero attached hydrogens (tertiary/aromatic N) is 4. The van der Waals surface area contributed by atoms with E-state index >= 15 is 0 Å². The average molecular weight is 317 g/mol. The average Bonchev–Trinajstić information content (AvgIpc) is 2.92. The topological polar surface area (TPSA) is 63.6 Å². The largest absolute Gasteiger partial charge is 0.354 e. The zero-order valence-corrected chi connectivity index (χ0v) is 13.5. The lowest BCUT2D eigenvalue weighted by atomic mass is 10.3.